The number of nitrogens with zero attached hydrogens (tertiary/aromatic N) is 4. The number of rotatable bonds is 9. The van der Waals surface area contributed by atoms with Crippen molar-refractivity contribution in [2.24, 2.45) is 10.7 Å². The maximum Gasteiger partial charge on any atom is 0.188 e. The quantitative estimate of drug-likeness (QED) is 0.229. The predicted molar refractivity (Wildman–Crippen MR) is 133 cm³/mol. The first-order valence-electron chi connectivity index (χ1n) is 11.0. The first-order valence-corrected chi connectivity index (χ1v) is 11.0. The van der Waals surface area contributed by atoms with Gasteiger partial charge in [-0.05, 0) is 44.5 Å². The van der Waals surface area contributed by atoms with Gasteiger partial charge >= 0.3 is 0 Å². The monoisotopic (exact) mass is 514 g/mol. The predicted octanol–water partition coefficient (Wildman–Crippen LogP) is 2.20. The molecule has 2 saturated heterocycles. The van der Waals surface area contributed by atoms with Gasteiger partial charge in [0.05, 0.1) is 6.54 Å². The van der Waals surface area contributed by atoms with E-state index >= 15 is 0 Å². The first kappa shape index (κ1) is 24.4. The van der Waals surface area contributed by atoms with Crippen LogP contribution in [0.5, 0.6) is 0 Å². The van der Waals surface area contributed by atoms with Crippen molar-refractivity contribution in [3.63, 3.8) is 0 Å². The molecule has 2 fully saturated rings. The molecule has 0 saturated carbocycles. The van der Waals surface area contributed by atoms with Gasteiger partial charge < -0.3 is 16.0 Å². The zero-order chi connectivity index (χ0) is 19.6. The van der Waals surface area contributed by atoms with Gasteiger partial charge in [-0.25, -0.2) is 0 Å². The normalized spacial score (nSPS) is 21.8. The summed E-state index contributed by atoms with van der Waals surface area (Å²) in [5.41, 5.74) is 7.46. The molecular weight excluding hydrogens is 475 g/mol. The van der Waals surface area contributed by atoms with Crippen LogP contribution in [0.15, 0.2) is 35.3 Å². The number of aliphatic imine (C=N–C) groups is 1. The van der Waals surface area contributed by atoms with E-state index in [1.807, 2.05) is 0 Å². The third kappa shape index (κ3) is 8.39. The number of likely N-dealkylation sites (tertiary alicyclic amines) is 1. The summed E-state index contributed by atoms with van der Waals surface area (Å²) in [5.74, 6) is 0.607. The highest BCUT2D eigenvalue weighted by Crippen LogP contribution is 2.16. The molecule has 1 aromatic carbocycles. The van der Waals surface area contributed by atoms with Crippen molar-refractivity contribution in [3.8, 4) is 0 Å². The Balaban J connectivity index is 0.00000300. The van der Waals surface area contributed by atoms with Crippen molar-refractivity contribution in [3.05, 3.63) is 35.9 Å². The van der Waals surface area contributed by atoms with Gasteiger partial charge in [-0.2, -0.15) is 0 Å². The summed E-state index contributed by atoms with van der Waals surface area (Å²) in [7, 11) is 0. The molecule has 6 nitrogen and oxygen atoms in total. The third-order valence-electron chi connectivity index (χ3n) is 6.05. The number of piperazine rings is 1. The second-order valence-electron chi connectivity index (χ2n) is 8.03. The lowest BCUT2D eigenvalue weighted by Crippen LogP contribution is -2.46. The van der Waals surface area contributed by atoms with Gasteiger partial charge in [0.25, 0.3) is 0 Å². The van der Waals surface area contributed by atoms with Crippen LogP contribution in [0.25, 0.3) is 0 Å². The van der Waals surface area contributed by atoms with E-state index in [1.54, 1.807) is 0 Å². The molecule has 29 heavy (non-hydrogen) atoms. The van der Waals surface area contributed by atoms with E-state index in [2.05, 4.69) is 62.3 Å². The second kappa shape index (κ2) is 13.4. The minimum atomic E-state index is 0. The molecule has 0 aromatic heterocycles. The molecule has 1 aromatic rings. The Hall–Kier alpha value is -0.900. The maximum absolute atomic E-state index is 6.05. The number of benzene rings is 1. The molecule has 0 amide bonds. The van der Waals surface area contributed by atoms with Crippen LogP contribution in [0, 0.1) is 0 Å². The van der Waals surface area contributed by atoms with Gasteiger partial charge in [-0.1, -0.05) is 37.3 Å². The summed E-state index contributed by atoms with van der Waals surface area (Å²) in [6, 6.07) is 11.4. The van der Waals surface area contributed by atoms with E-state index in [4.69, 9.17) is 5.73 Å². The van der Waals surface area contributed by atoms with E-state index in [-0.39, 0.29) is 24.0 Å². The van der Waals surface area contributed by atoms with Gasteiger partial charge in [0.15, 0.2) is 5.96 Å². The fourth-order valence-corrected chi connectivity index (χ4v) is 4.31. The molecular formula is C22H39IN6. The Morgan fingerprint density at radius 2 is 1.83 bits per heavy atom. The molecule has 0 aliphatic carbocycles. The van der Waals surface area contributed by atoms with Crippen molar-refractivity contribution in [1.29, 1.82) is 0 Å². The van der Waals surface area contributed by atoms with Crippen LogP contribution in [0.1, 0.15) is 31.7 Å². The van der Waals surface area contributed by atoms with E-state index in [1.165, 1.54) is 24.9 Å². The number of nitrogens with one attached hydrogen (secondary N) is 1. The minimum Gasteiger partial charge on any atom is -0.370 e. The Bertz CT molecular complexity index is 588. The fraction of sp³-hybridized carbons (Fsp3) is 0.682. The number of likely N-dealkylation sites (N-methyl/N-ethyl adjacent to an activating group) is 1. The lowest BCUT2D eigenvalue weighted by molar-refractivity contribution is 0.126. The summed E-state index contributed by atoms with van der Waals surface area (Å²) in [5, 5.41) is 3.29. The van der Waals surface area contributed by atoms with Crippen LogP contribution >= 0.6 is 24.0 Å². The number of guanidine groups is 1. The van der Waals surface area contributed by atoms with Gasteiger partial charge in [0, 0.05) is 45.3 Å². The average Bonchev–Trinajstić information content (AvgIpc) is 3.19. The molecule has 2 aliphatic heterocycles. The average molecular weight is 515 g/mol. The molecule has 0 bridgehead atoms. The highest BCUT2D eigenvalue weighted by molar-refractivity contribution is 14.0. The SMILES string of the molecule is CCN1CCCC1CN=C(N)NCCCN1CCN(Cc2ccccc2)CC1.I. The van der Waals surface area contributed by atoms with E-state index in [9.17, 15) is 0 Å². The molecule has 3 rings (SSSR count). The van der Waals surface area contributed by atoms with Gasteiger partial charge in [-0.15, -0.1) is 24.0 Å². The zero-order valence-corrected chi connectivity index (χ0v) is 20.3. The fourth-order valence-electron chi connectivity index (χ4n) is 4.31. The zero-order valence-electron chi connectivity index (χ0n) is 17.9. The van der Waals surface area contributed by atoms with Crippen LogP contribution in [0.4, 0.5) is 0 Å². The summed E-state index contributed by atoms with van der Waals surface area (Å²) in [4.78, 5) is 12.2. The van der Waals surface area contributed by atoms with Gasteiger partial charge in [0.2, 0.25) is 0 Å². The second-order valence-corrected chi connectivity index (χ2v) is 8.03. The molecule has 1 atom stereocenters. The van der Waals surface area contributed by atoms with Crippen LogP contribution in [0.3, 0.4) is 0 Å². The van der Waals surface area contributed by atoms with Gasteiger partial charge in [-0.3, -0.25) is 14.8 Å². The molecule has 2 aliphatic rings. The summed E-state index contributed by atoms with van der Waals surface area (Å²) in [6.45, 7) is 13.1. The molecule has 0 radical (unpaired) electrons. The lowest BCUT2D eigenvalue weighted by atomic mass is 10.2. The van der Waals surface area contributed by atoms with Crippen molar-refractivity contribution in [1.82, 2.24) is 20.0 Å². The minimum absolute atomic E-state index is 0. The maximum atomic E-state index is 6.05. The van der Waals surface area contributed by atoms with Crippen LogP contribution < -0.4 is 11.1 Å². The van der Waals surface area contributed by atoms with Crippen LogP contribution in [-0.4, -0.2) is 85.6 Å². The third-order valence-corrected chi connectivity index (χ3v) is 6.05. The number of nitrogens with two attached hydrogens (primary N) is 1. The Labute approximate surface area is 193 Å². The highest BCUT2D eigenvalue weighted by atomic mass is 127. The van der Waals surface area contributed by atoms with Crippen LogP contribution in [-0.2, 0) is 6.54 Å². The van der Waals surface area contributed by atoms with Crippen molar-refractivity contribution in [2.45, 2.75) is 38.8 Å². The summed E-state index contributed by atoms with van der Waals surface area (Å²) >= 11 is 0. The first-order chi connectivity index (χ1) is 13.7. The molecule has 1 unspecified atom stereocenters. The van der Waals surface area contributed by atoms with E-state index in [0.29, 0.717) is 12.0 Å². The Morgan fingerprint density at radius 1 is 1.10 bits per heavy atom. The van der Waals surface area contributed by atoms with Crippen LogP contribution in [0.2, 0.25) is 0 Å². The largest absolute Gasteiger partial charge is 0.370 e. The molecule has 0 spiro atoms. The van der Waals surface area contributed by atoms with Gasteiger partial charge in [0.1, 0.15) is 0 Å². The molecule has 7 heteroatoms. The van der Waals surface area contributed by atoms with Crippen molar-refractivity contribution in [2.75, 3.05) is 58.9 Å². The van der Waals surface area contributed by atoms with Crippen molar-refractivity contribution >= 4 is 29.9 Å². The van der Waals surface area contributed by atoms with Crippen molar-refractivity contribution < 1.29 is 0 Å². The topological polar surface area (TPSA) is 60.1 Å². The summed E-state index contributed by atoms with van der Waals surface area (Å²) < 4.78 is 0. The number of halogens is 1. The summed E-state index contributed by atoms with van der Waals surface area (Å²) in [6.07, 6.45) is 3.65. The lowest BCUT2D eigenvalue weighted by Gasteiger charge is -2.34. The molecule has 164 valence electrons. The molecule has 3 N–H and O–H groups in total. The highest BCUT2D eigenvalue weighted by Gasteiger charge is 2.22. The smallest absolute Gasteiger partial charge is 0.188 e. The Morgan fingerprint density at radius 3 is 2.55 bits per heavy atom. The number of hydrogen-bond acceptors (Lipinski definition) is 4. The van der Waals surface area contributed by atoms with E-state index < -0.39 is 0 Å². The van der Waals surface area contributed by atoms with E-state index in [0.717, 1.165) is 65.3 Å². The standard InChI is InChI=1S/C22H38N6.HI/c1-2-28-13-6-10-21(28)18-25-22(23)24-11-7-12-26-14-16-27(17-15-26)19-20-8-4-3-5-9-20;/h3-5,8-9,21H,2,6-7,10-19H2,1H3,(H3,23,24,25);1H. The molecule has 2 heterocycles. The number of hydrogen-bond donors (Lipinski definition) is 2. The Kier molecular flexibility index (Phi) is 11.3.